The fourth-order valence-electron chi connectivity index (χ4n) is 7.67. The molecule has 0 unspecified atom stereocenters. The number of nitrogens with one attached hydrogen (secondary N) is 1. The van der Waals surface area contributed by atoms with Gasteiger partial charge in [-0.2, -0.15) is 13.2 Å². The molecule has 2 aliphatic carbocycles. The number of carbonyl (C=O) groups is 2. The minimum absolute atomic E-state index is 0.0186. The van der Waals surface area contributed by atoms with Gasteiger partial charge in [0.15, 0.2) is 11.5 Å². The number of alkyl halides is 3. The summed E-state index contributed by atoms with van der Waals surface area (Å²) in [4.78, 5) is 45.7. The molecule has 15 heteroatoms. The number of halogens is 3. The number of hydrogen-bond acceptors (Lipinski definition) is 8. The highest BCUT2D eigenvalue weighted by Gasteiger charge is 2.41. The maximum absolute atomic E-state index is 13.9. The molecular weight excluding hydrogens is 663 g/mol. The number of nitrogens with zero attached hydrogens (tertiary/aromatic N) is 7. The number of amides is 2. The molecule has 266 valence electrons. The topological polar surface area (TPSA) is 146 Å². The predicted octanol–water partition coefficient (Wildman–Crippen LogP) is 5.26. The van der Waals surface area contributed by atoms with Crippen molar-refractivity contribution in [3.05, 3.63) is 65.4 Å². The largest absolute Gasteiger partial charge is 0.494 e. The molecule has 8 rings (SSSR count). The minimum atomic E-state index is -4.65. The molecule has 5 heterocycles. The molecule has 12 nitrogen and oxygen atoms in total. The van der Waals surface area contributed by atoms with Gasteiger partial charge in [0.25, 0.3) is 11.8 Å². The summed E-state index contributed by atoms with van der Waals surface area (Å²) in [6, 6.07) is 9.02. The number of ether oxygens (including phenoxy) is 1. The Hall–Kier alpha value is -5.05. The number of nitrogens with two attached hydrogens (primary N) is 1. The SMILES string of the molecule is COc1cc(C(=O)N2C[C@H](N)[C@@H]3CC[C@H]2C3)cc2nc(-c3cc4ccc([C@@H](C)NC(=O)c5cnc(C(F)(F)F)cn5)nc4n3CC3CC3)n(C)c12. The number of aromatic nitrogens is 6. The van der Waals surface area contributed by atoms with Crippen LogP contribution in [0.1, 0.15) is 77.3 Å². The number of benzene rings is 1. The monoisotopic (exact) mass is 701 g/mol. The predicted molar refractivity (Wildman–Crippen MR) is 182 cm³/mol. The first-order valence-corrected chi connectivity index (χ1v) is 17.2. The third kappa shape index (κ3) is 5.96. The van der Waals surface area contributed by atoms with Crippen LogP contribution in [-0.4, -0.2) is 71.5 Å². The molecule has 2 bridgehead atoms. The summed E-state index contributed by atoms with van der Waals surface area (Å²) in [5.41, 5.74) is 9.09. The van der Waals surface area contributed by atoms with Crippen molar-refractivity contribution in [1.82, 2.24) is 39.3 Å². The number of hydrogen-bond donors (Lipinski definition) is 2. The highest BCUT2D eigenvalue weighted by molar-refractivity contribution is 6.00. The quantitative estimate of drug-likeness (QED) is 0.223. The van der Waals surface area contributed by atoms with Gasteiger partial charge in [0, 0.05) is 43.2 Å². The Morgan fingerprint density at radius 3 is 2.59 bits per heavy atom. The van der Waals surface area contributed by atoms with Gasteiger partial charge in [-0.25, -0.2) is 19.9 Å². The van der Waals surface area contributed by atoms with E-state index in [1.807, 2.05) is 40.8 Å². The molecule has 0 spiro atoms. The summed E-state index contributed by atoms with van der Waals surface area (Å²) in [5.74, 6) is 1.48. The number of likely N-dealkylation sites (tertiary alicyclic amines) is 1. The molecule has 2 saturated carbocycles. The Morgan fingerprint density at radius 1 is 1.08 bits per heavy atom. The van der Waals surface area contributed by atoms with Gasteiger partial charge >= 0.3 is 6.18 Å². The number of piperidine rings is 1. The average molecular weight is 702 g/mol. The summed E-state index contributed by atoms with van der Waals surface area (Å²) in [6.45, 7) is 3.01. The van der Waals surface area contributed by atoms with Crippen LogP contribution in [0.2, 0.25) is 0 Å². The van der Waals surface area contributed by atoms with Crippen LogP contribution >= 0.6 is 0 Å². The highest BCUT2D eigenvalue weighted by atomic mass is 19.4. The van der Waals surface area contributed by atoms with Gasteiger partial charge < -0.3 is 29.8 Å². The van der Waals surface area contributed by atoms with Gasteiger partial charge in [-0.3, -0.25) is 9.59 Å². The molecule has 1 aliphatic heterocycles. The van der Waals surface area contributed by atoms with E-state index in [-0.39, 0.29) is 23.7 Å². The second-order valence-electron chi connectivity index (χ2n) is 14.1. The lowest BCUT2D eigenvalue weighted by Gasteiger charge is -2.37. The molecule has 0 radical (unpaired) electrons. The zero-order valence-corrected chi connectivity index (χ0v) is 28.4. The fraction of sp³-hybridized carbons (Fsp3) is 0.444. The van der Waals surface area contributed by atoms with Gasteiger partial charge in [-0.05, 0) is 81.2 Å². The fourth-order valence-corrected chi connectivity index (χ4v) is 7.67. The molecule has 1 aromatic carbocycles. The van der Waals surface area contributed by atoms with Crippen molar-refractivity contribution >= 4 is 33.9 Å². The van der Waals surface area contributed by atoms with Crippen molar-refractivity contribution in [1.29, 1.82) is 0 Å². The van der Waals surface area contributed by atoms with Crippen LogP contribution in [0.25, 0.3) is 33.6 Å². The van der Waals surface area contributed by atoms with Crippen LogP contribution in [0, 0.1) is 11.8 Å². The summed E-state index contributed by atoms with van der Waals surface area (Å²) in [6.07, 6.45) is 1.87. The van der Waals surface area contributed by atoms with Crippen molar-refractivity contribution in [3.8, 4) is 17.3 Å². The van der Waals surface area contributed by atoms with Gasteiger partial charge in [-0.1, -0.05) is 0 Å². The van der Waals surface area contributed by atoms with E-state index in [2.05, 4.69) is 19.9 Å². The molecule has 1 saturated heterocycles. The highest BCUT2D eigenvalue weighted by Crippen LogP contribution is 2.40. The number of methoxy groups -OCH3 is 1. The van der Waals surface area contributed by atoms with Crippen LogP contribution in [0.4, 0.5) is 13.2 Å². The molecule has 5 aromatic rings. The number of carbonyl (C=O) groups excluding carboxylic acids is 2. The lowest BCUT2D eigenvalue weighted by molar-refractivity contribution is -0.141. The van der Waals surface area contributed by atoms with Gasteiger partial charge in [0.05, 0.1) is 42.4 Å². The normalized spacial score (nSPS) is 21.0. The van der Waals surface area contributed by atoms with E-state index in [1.54, 1.807) is 20.1 Å². The first-order chi connectivity index (χ1) is 24.4. The van der Waals surface area contributed by atoms with E-state index in [9.17, 15) is 22.8 Å². The number of rotatable bonds is 8. The van der Waals surface area contributed by atoms with E-state index < -0.39 is 23.8 Å². The maximum atomic E-state index is 13.9. The number of imidazole rings is 1. The summed E-state index contributed by atoms with van der Waals surface area (Å²) in [7, 11) is 3.52. The first kappa shape index (κ1) is 33.1. The van der Waals surface area contributed by atoms with Gasteiger partial charge in [-0.15, -0.1) is 0 Å². The van der Waals surface area contributed by atoms with Crippen molar-refractivity contribution in [2.75, 3.05) is 13.7 Å². The summed E-state index contributed by atoms with van der Waals surface area (Å²) >= 11 is 0. The Bertz CT molecular complexity index is 2170. The van der Waals surface area contributed by atoms with Crippen molar-refractivity contribution < 1.29 is 27.5 Å². The Labute approximate surface area is 291 Å². The molecular formula is C36H38F3N9O3. The zero-order valence-electron chi connectivity index (χ0n) is 28.4. The standard InChI is InChI=1S/C36H38F3N9O3/c1-18(43-34(49)27-14-42-30(15-41-27)36(37,38)39)25-9-7-21-12-28(48(32(21)44-25)16-19-4-5-19)33-45-26-11-22(13-29(51-3)31(26)46(33)2)35(50)47-17-24(40)20-6-8-23(47)10-20/h7,9,11-15,18-20,23-24H,4-6,8,10,16-17,40H2,1-3H3,(H,43,49)/t18-,20-,23+,24+/m1/s1. The number of pyridine rings is 1. The number of aryl methyl sites for hydroxylation is 1. The summed E-state index contributed by atoms with van der Waals surface area (Å²) < 4.78 is 48.7. The van der Waals surface area contributed by atoms with E-state index >= 15 is 0 Å². The van der Waals surface area contributed by atoms with Crippen molar-refractivity contribution in [2.24, 2.45) is 24.6 Å². The molecule has 51 heavy (non-hydrogen) atoms. The third-order valence-electron chi connectivity index (χ3n) is 10.7. The van der Waals surface area contributed by atoms with Crippen molar-refractivity contribution in [2.45, 2.75) is 69.9 Å². The van der Waals surface area contributed by atoms with Crippen LogP contribution in [0.3, 0.4) is 0 Å². The molecule has 3 aliphatic rings. The van der Waals surface area contributed by atoms with E-state index in [0.717, 1.165) is 67.1 Å². The lowest BCUT2D eigenvalue weighted by Crippen LogP contribution is -2.51. The molecule has 4 aromatic heterocycles. The lowest BCUT2D eigenvalue weighted by atomic mass is 9.94. The average Bonchev–Trinajstić information content (AvgIpc) is 3.58. The molecule has 2 amide bonds. The third-order valence-corrected chi connectivity index (χ3v) is 10.7. The van der Waals surface area contributed by atoms with E-state index in [0.29, 0.717) is 52.9 Å². The Kier molecular flexibility index (Phi) is 8.00. The minimum Gasteiger partial charge on any atom is -0.494 e. The second-order valence-corrected chi connectivity index (χ2v) is 14.1. The molecule has 4 atom stereocenters. The van der Waals surface area contributed by atoms with E-state index in [1.165, 1.54) is 0 Å². The van der Waals surface area contributed by atoms with Crippen LogP contribution < -0.4 is 15.8 Å². The number of fused-ring (bicyclic) bond motifs is 4. The van der Waals surface area contributed by atoms with Crippen LogP contribution in [0.15, 0.2) is 42.7 Å². The first-order valence-electron chi connectivity index (χ1n) is 17.2. The molecule has 3 fully saturated rings. The van der Waals surface area contributed by atoms with Crippen molar-refractivity contribution in [3.63, 3.8) is 0 Å². The van der Waals surface area contributed by atoms with Gasteiger partial charge in [0.2, 0.25) is 0 Å². The van der Waals surface area contributed by atoms with Crippen LogP contribution in [-0.2, 0) is 19.8 Å². The van der Waals surface area contributed by atoms with Gasteiger partial charge in [0.1, 0.15) is 22.6 Å². The Balaban J connectivity index is 1.12. The molecule has 3 N–H and O–H groups in total. The Morgan fingerprint density at radius 2 is 1.88 bits per heavy atom. The zero-order chi connectivity index (χ0) is 35.8. The van der Waals surface area contributed by atoms with Crippen LogP contribution in [0.5, 0.6) is 5.75 Å². The smallest absolute Gasteiger partial charge is 0.434 e. The maximum Gasteiger partial charge on any atom is 0.434 e. The second kappa shape index (κ2) is 12.3. The van der Waals surface area contributed by atoms with E-state index in [4.69, 9.17) is 20.4 Å². The summed E-state index contributed by atoms with van der Waals surface area (Å²) in [5, 5.41) is 3.65.